The maximum atomic E-state index is 11.2. The zero-order valence-corrected chi connectivity index (χ0v) is 10.1. The minimum Gasteiger partial charge on any atom is -0.468 e. The van der Waals surface area contributed by atoms with Crippen LogP contribution in [0.5, 0.6) is 0 Å². The second-order valence-electron chi connectivity index (χ2n) is 3.75. The van der Waals surface area contributed by atoms with Crippen LogP contribution >= 0.6 is 0 Å². The molecule has 0 spiro atoms. The molecule has 88 valence electrons. The summed E-state index contributed by atoms with van der Waals surface area (Å²) in [5, 5.41) is 0. The normalized spacial score (nSPS) is 10.5. The number of ether oxygens (including phenoxy) is 1. The summed E-state index contributed by atoms with van der Waals surface area (Å²) in [6.45, 7) is 5.88. The highest BCUT2D eigenvalue weighted by molar-refractivity contribution is 5.71. The highest BCUT2D eigenvalue weighted by Crippen LogP contribution is 2.05. The highest BCUT2D eigenvalue weighted by atomic mass is 16.5. The maximum absolute atomic E-state index is 11.2. The first kappa shape index (κ1) is 12.6. The Balaban J connectivity index is 2.59. The molecular formula is C12H18N2O2. The summed E-state index contributed by atoms with van der Waals surface area (Å²) in [6.07, 6.45) is 3.65. The van der Waals surface area contributed by atoms with Crippen LogP contribution in [-0.4, -0.2) is 36.1 Å². The predicted octanol–water partition coefficient (Wildman–Crippen LogP) is 1.38. The van der Waals surface area contributed by atoms with E-state index in [2.05, 4.69) is 15.8 Å². The summed E-state index contributed by atoms with van der Waals surface area (Å²) in [7, 11) is 1.41. The Morgan fingerprint density at radius 1 is 1.50 bits per heavy atom. The Morgan fingerprint density at radius 3 is 2.81 bits per heavy atom. The van der Waals surface area contributed by atoms with Gasteiger partial charge in [0, 0.05) is 18.9 Å². The number of carbonyl (C=O) groups excluding carboxylic acids is 1. The molecule has 0 fully saturated rings. The monoisotopic (exact) mass is 222 g/mol. The van der Waals surface area contributed by atoms with Crippen LogP contribution in [0.1, 0.15) is 18.1 Å². The molecule has 0 bridgehead atoms. The summed E-state index contributed by atoms with van der Waals surface area (Å²) in [4.78, 5) is 17.3. The zero-order valence-electron chi connectivity index (χ0n) is 10.1. The third-order valence-corrected chi connectivity index (χ3v) is 2.37. The third kappa shape index (κ3) is 3.98. The molecule has 16 heavy (non-hydrogen) atoms. The van der Waals surface area contributed by atoms with Gasteiger partial charge < -0.3 is 4.74 Å². The zero-order chi connectivity index (χ0) is 12.0. The number of pyridine rings is 1. The quantitative estimate of drug-likeness (QED) is 0.706. The van der Waals surface area contributed by atoms with E-state index < -0.39 is 0 Å². The number of aromatic nitrogens is 1. The Bertz CT molecular complexity index is 353. The van der Waals surface area contributed by atoms with Crippen molar-refractivity contribution in [3.8, 4) is 0 Å². The summed E-state index contributed by atoms with van der Waals surface area (Å²) < 4.78 is 4.65. The largest absolute Gasteiger partial charge is 0.468 e. The van der Waals surface area contributed by atoms with Crippen LogP contribution in [-0.2, 0) is 16.1 Å². The van der Waals surface area contributed by atoms with E-state index in [0.717, 1.165) is 24.2 Å². The molecule has 1 aromatic rings. The van der Waals surface area contributed by atoms with Crippen molar-refractivity contribution in [2.24, 2.45) is 0 Å². The second-order valence-corrected chi connectivity index (χ2v) is 3.75. The molecule has 1 aromatic heterocycles. The van der Waals surface area contributed by atoms with Gasteiger partial charge in [-0.05, 0) is 24.6 Å². The van der Waals surface area contributed by atoms with E-state index in [1.54, 1.807) is 0 Å². The fourth-order valence-corrected chi connectivity index (χ4v) is 1.49. The molecule has 0 unspecified atom stereocenters. The van der Waals surface area contributed by atoms with E-state index in [4.69, 9.17) is 0 Å². The summed E-state index contributed by atoms with van der Waals surface area (Å²) >= 11 is 0. The second kappa shape index (κ2) is 6.23. The van der Waals surface area contributed by atoms with Crippen LogP contribution in [0.15, 0.2) is 18.5 Å². The fraction of sp³-hybridized carbons (Fsp3) is 0.500. The Labute approximate surface area is 96.2 Å². The molecule has 0 aliphatic carbocycles. The lowest BCUT2D eigenvalue weighted by atomic mass is 10.2. The Hall–Kier alpha value is -1.42. The van der Waals surface area contributed by atoms with Gasteiger partial charge in [0.15, 0.2) is 0 Å². The van der Waals surface area contributed by atoms with E-state index in [1.165, 1.54) is 7.11 Å². The summed E-state index contributed by atoms with van der Waals surface area (Å²) in [5.74, 6) is -0.206. The van der Waals surface area contributed by atoms with Gasteiger partial charge in [0.05, 0.1) is 13.7 Å². The van der Waals surface area contributed by atoms with Crippen molar-refractivity contribution in [2.45, 2.75) is 20.4 Å². The number of likely N-dealkylation sites (N-methyl/N-ethyl adjacent to an activating group) is 1. The number of hydrogen-bond acceptors (Lipinski definition) is 4. The van der Waals surface area contributed by atoms with Gasteiger partial charge in [-0.25, -0.2) is 0 Å². The van der Waals surface area contributed by atoms with Crippen LogP contribution in [0.2, 0.25) is 0 Å². The lowest BCUT2D eigenvalue weighted by Gasteiger charge is -2.18. The predicted molar refractivity (Wildman–Crippen MR) is 61.9 cm³/mol. The van der Waals surface area contributed by atoms with Gasteiger partial charge in [0.2, 0.25) is 0 Å². The van der Waals surface area contributed by atoms with E-state index in [-0.39, 0.29) is 5.97 Å². The van der Waals surface area contributed by atoms with Gasteiger partial charge in [-0.15, -0.1) is 0 Å². The molecule has 0 aliphatic heterocycles. The maximum Gasteiger partial charge on any atom is 0.319 e. The minimum absolute atomic E-state index is 0.206. The number of aryl methyl sites for hydroxylation is 1. The topological polar surface area (TPSA) is 42.4 Å². The Morgan fingerprint density at radius 2 is 2.25 bits per heavy atom. The average Bonchev–Trinajstić information content (AvgIpc) is 2.28. The van der Waals surface area contributed by atoms with Gasteiger partial charge >= 0.3 is 5.97 Å². The van der Waals surface area contributed by atoms with Gasteiger partial charge in [-0.2, -0.15) is 0 Å². The number of nitrogens with zero attached hydrogens (tertiary/aromatic N) is 2. The molecule has 0 aromatic carbocycles. The van der Waals surface area contributed by atoms with E-state index >= 15 is 0 Å². The van der Waals surface area contributed by atoms with Gasteiger partial charge in [-0.3, -0.25) is 14.7 Å². The van der Waals surface area contributed by atoms with Crippen LogP contribution in [0.25, 0.3) is 0 Å². The Kier molecular flexibility index (Phi) is 4.92. The first-order chi connectivity index (χ1) is 7.65. The molecule has 0 saturated carbocycles. The van der Waals surface area contributed by atoms with Gasteiger partial charge in [0.25, 0.3) is 0 Å². The van der Waals surface area contributed by atoms with Gasteiger partial charge in [0.1, 0.15) is 0 Å². The first-order valence-corrected chi connectivity index (χ1v) is 5.35. The smallest absolute Gasteiger partial charge is 0.319 e. The average molecular weight is 222 g/mol. The number of methoxy groups -OCH3 is 1. The SMILES string of the molecule is CCN(CC(=O)OC)Cc1cncc(C)c1. The van der Waals surface area contributed by atoms with Crippen molar-refractivity contribution >= 4 is 5.97 Å². The number of carbonyl (C=O) groups is 1. The van der Waals surface area contributed by atoms with E-state index in [1.807, 2.05) is 31.1 Å². The lowest BCUT2D eigenvalue weighted by molar-refractivity contribution is -0.142. The van der Waals surface area contributed by atoms with Crippen molar-refractivity contribution in [3.05, 3.63) is 29.6 Å². The van der Waals surface area contributed by atoms with Crippen molar-refractivity contribution in [2.75, 3.05) is 20.2 Å². The molecule has 0 radical (unpaired) electrons. The molecule has 0 atom stereocenters. The first-order valence-electron chi connectivity index (χ1n) is 5.35. The van der Waals surface area contributed by atoms with Crippen molar-refractivity contribution < 1.29 is 9.53 Å². The molecule has 0 saturated heterocycles. The number of esters is 1. The third-order valence-electron chi connectivity index (χ3n) is 2.37. The molecule has 0 amide bonds. The molecule has 0 aliphatic rings. The molecular weight excluding hydrogens is 204 g/mol. The summed E-state index contributed by atoms with van der Waals surface area (Å²) in [6, 6.07) is 2.08. The minimum atomic E-state index is -0.206. The lowest BCUT2D eigenvalue weighted by Crippen LogP contribution is -2.30. The standard InChI is InChI=1S/C12H18N2O2/c1-4-14(9-12(15)16-3)8-11-5-10(2)6-13-7-11/h5-7H,4,8-9H2,1-3H3. The van der Waals surface area contributed by atoms with Crippen molar-refractivity contribution in [1.29, 1.82) is 0 Å². The highest BCUT2D eigenvalue weighted by Gasteiger charge is 2.09. The number of hydrogen-bond donors (Lipinski definition) is 0. The van der Waals surface area contributed by atoms with Crippen LogP contribution in [0.3, 0.4) is 0 Å². The van der Waals surface area contributed by atoms with Gasteiger partial charge in [-0.1, -0.05) is 13.0 Å². The fourth-order valence-electron chi connectivity index (χ4n) is 1.49. The number of rotatable bonds is 5. The van der Waals surface area contributed by atoms with Crippen LogP contribution in [0.4, 0.5) is 0 Å². The molecule has 0 N–H and O–H groups in total. The molecule has 1 rings (SSSR count). The van der Waals surface area contributed by atoms with E-state index in [9.17, 15) is 4.79 Å². The van der Waals surface area contributed by atoms with Crippen LogP contribution < -0.4 is 0 Å². The molecule has 4 nitrogen and oxygen atoms in total. The van der Waals surface area contributed by atoms with Crippen molar-refractivity contribution in [1.82, 2.24) is 9.88 Å². The molecule has 1 heterocycles. The summed E-state index contributed by atoms with van der Waals surface area (Å²) in [5.41, 5.74) is 2.25. The van der Waals surface area contributed by atoms with E-state index in [0.29, 0.717) is 6.54 Å². The molecule has 4 heteroatoms. The van der Waals surface area contributed by atoms with Crippen molar-refractivity contribution in [3.63, 3.8) is 0 Å². The van der Waals surface area contributed by atoms with Crippen LogP contribution in [0, 0.1) is 6.92 Å².